The summed E-state index contributed by atoms with van der Waals surface area (Å²) < 4.78 is 0.515. The molecular weight excluding hydrogens is 326 g/mol. The molecule has 0 unspecified atom stereocenters. The summed E-state index contributed by atoms with van der Waals surface area (Å²) >= 11 is 4.96. The molecule has 0 aromatic heterocycles. The van der Waals surface area contributed by atoms with Crippen LogP contribution in [0.2, 0.25) is 0 Å². The number of hydrogen-bond donors (Lipinski definition) is 1. The smallest absolute Gasteiger partial charge is 0.238 e. The molecule has 0 bridgehead atoms. The van der Waals surface area contributed by atoms with E-state index < -0.39 is 4.75 Å². The molecule has 1 heterocycles. The van der Waals surface area contributed by atoms with E-state index in [0.29, 0.717) is 19.5 Å². The molecule has 0 saturated carbocycles. The van der Waals surface area contributed by atoms with Crippen LogP contribution in [0, 0.1) is 0 Å². The first-order valence-electron chi connectivity index (χ1n) is 6.30. The lowest BCUT2D eigenvalue weighted by molar-refractivity contribution is -0.132. The summed E-state index contributed by atoms with van der Waals surface area (Å²) in [6.07, 6.45) is 0.322. The fourth-order valence-electron chi connectivity index (χ4n) is 2.15. The molecule has 1 amide bonds. The number of hydrogen-bond acceptors (Lipinski definition) is 3. The fourth-order valence-corrected chi connectivity index (χ4v) is 3.49. The Morgan fingerprint density at radius 3 is 2.58 bits per heavy atom. The van der Waals surface area contributed by atoms with E-state index in [-0.39, 0.29) is 12.0 Å². The van der Waals surface area contributed by atoms with Gasteiger partial charge in [0.25, 0.3) is 0 Å². The topological polar surface area (TPSA) is 40.5 Å². The zero-order valence-electron chi connectivity index (χ0n) is 11.1. The third-order valence-electron chi connectivity index (χ3n) is 3.15. The number of thioether (sulfide) groups is 1. The highest BCUT2D eigenvalue weighted by Gasteiger charge is 2.36. The Labute approximate surface area is 126 Å². The first-order valence-corrected chi connectivity index (χ1v) is 7.91. The van der Waals surface area contributed by atoms with Crippen LogP contribution in [0.5, 0.6) is 0 Å². The standard InChI is InChI=1S/C14H18BrNO2S/c1-14(2,13(18)16-8-7-11(17)9-16)19-12-5-3-10(15)4-6-12/h3-6,11,17H,7-9H2,1-2H3/t11-/m0/s1. The van der Waals surface area contributed by atoms with Crippen LogP contribution in [0.3, 0.4) is 0 Å². The second-order valence-electron chi connectivity index (χ2n) is 5.26. The van der Waals surface area contributed by atoms with Gasteiger partial charge < -0.3 is 10.0 Å². The van der Waals surface area contributed by atoms with E-state index in [4.69, 9.17) is 0 Å². The predicted octanol–water partition coefficient (Wildman–Crippen LogP) is 2.91. The van der Waals surface area contributed by atoms with Gasteiger partial charge in [0.2, 0.25) is 5.91 Å². The first-order chi connectivity index (χ1) is 8.88. The largest absolute Gasteiger partial charge is 0.391 e. The summed E-state index contributed by atoms with van der Waals surface area (Å²) in [5.74, 6) is 0.0944. The number of benzene rings is 1. The quantitative estimate of drug-likeness (QED) is 0.858. The maximum atomic E-state index is 12.5. The van der Waals surface area contributed by atoms with Crippen molar-refractivity contribution in [1.82, 2.24) is 4.90 Å². The van der Waals surface area contributed by atoms with Gasteiger partial charge in [-0.2, -0.15) is 0 Å². The van der Waals surface area contributed by atoms with Crippen LogP contribution in [-0.4, -0.2) is 39.9 Å². The molecule has 3 nitrogen and oxygen atoms in total. The average molecular weight is 344 g/mol. The Balaban J connectivity index is 2.05. The van der Waals surface area contributed by atoms with Gasteiger partial charge in [0.05, 0.1) is 10.9 Å². The van der Waals surface area contributed by atoms with Crippen LogP contribution in [0.1, 0.15) is 20.3 Å². The van der Waals surface area contributed by atoms with Crippen molar-refractivity contribution >= 4 is 33.6 Å². The van der Waals surface area contributed by atoms with Crippen molar-refractivity contribution in [1.29, 1.82) is 0 Å². The molecule has 1 N–H and O–H groups in total. The highest BCUT2D eigenvalue weighted by Crippen LogP contribution is 2.35. The van der Waals surface area contributed by atoms with E-state index in [9.17, 15) is 9.90 Å². The van der Waals surface area contributed by atoms with Crippen molar-refractivity contribution in [3.63, 3.8) is 0 Å². The van der Waals surface area contributed by atoms with Crippen molar-refractivity contribution in [2.75, 3.05) is 13.1 Å². The van der Waals surface area contributed by atoms with E-state index in [1.807, 2.05) is 38.1 Å². The lowest BCUT2D eigenvalue weighted by atomic mass is 10.2. The zero-order valence-corrected chi connectivity index (χ0v) is 13.5. The highest BCUT2D eigenvalue weighted by atomic mass is 79.9. The molecule has 1 aliphatic heterocycles. The maximum Gasteiger partial charge on any atom is 0.238 e. The number of nitrogens with zero attached hydrogens (tertiary/aromatic N) is 1. The van der Waals surface area contributed by atoms with Crippen LogP contribution in [0.25, 0.3) is 0 Å². The van der Waals surface area contributed by atoms with Crippen LogP contribution >= 0.6 is 27.7 Å². The number of amides is 1. The van der Waals surface area contributed by atoms with Crippen molar-refractivity contribution in [2.24, 2.45) is 0 Å². The third-order valence-corrected chi connectivity index (χ3v) is 4.87. The molecule has 5 heteroatoms. The van der Waals surface area contributed by atoms with Crippen LogP contribution < -0.4 is 0 Å². The van der Waals surface area contributed by atoms with Crippen LogP contribution in [0.15, 0.2) is 33.6 Å². The van der Waals surface area contributed by atoms with E-state index >= 15 is 0 Å². The van der Waals surface area contributed by atoms with E-state index in [0.717, 1.165) is 9.37 Å². The fraction of sp³-hybridized carbons (Fsp3) is 0.500. The van der Waals surface area contributed by atoms with Gasteiger partial charge in [-0.05, 0) is 44.5 Å². The summed E-state index contributed by atoms with van der Waals surface area (Å²) in [4.78, 5) is 15.3. The molecule has 19 heavy (non-hydrogen) atoms. The van der Waals surface area contributed by atoms with Gasteiger partial charge in [-0.1, -0.05) is 15.9 Å². The average Bonchev–Trinajstić information content (AvgIpc) is 2.77. The van der Waals surface area contributed by atoms with Crippen molar-refractivity contribution in [3.8, 4) is 0 Å². The number of aliphatic hydroxyl groups excluding tert-OH is 1. The van der Waals surface area contributed by atoms with E-state index in [2.05, 4.69) is 15.9 Å². The number of β-amino-alcohol motifs (C(OH)–C–C–N with tert-alkyl or cyclic N) is 1. The summed E-state index contributed by atoms with van der Waals surface area (Å²) in [6.45, 7) is 4.99. The van der Waals surface area contributed by atoms with Gasteiger partial charge in [0.1, 0.15) is 0 Å². The van der Waals surface area contributed by atoms with Crippen molar-refractivity contribution in [2.45, 2.75) is 36.0 Å². The molecular formula is C14H18BrNO2S. The lowest BCUT2D eigenvalue weighted by Crippen LogP contribution is -2.42. The Kier molecular flexibility index (Phi) is 4.58. The molecule has 1 aromatic rings. The van der Waals surface area contributed by atoms with Crippen molar-refractivity contribution < 1.29 is 9.90 Å². The second-order valence-corrected chi connectivity index (χ2v) is 7.87. The number of likely N-dealkylation sites (tertiary alicyclic amines) is 1. The number of rotatable bonds is 3. The molecule has 0 spiro atoms. The van der Waals surface area contributed by atoms with Crippen LogP contribution in [-0.2, 0) is 4.79 Å². The van der Waals surface area contributed by atoms with Crippen molar-refractivity contribution in [3.05, 3.63) is 28.7 Å². The second kappa shape index (κ2) is 5.85. The minimum absolute atomic E-state index is 0.0944. The molecule has 2 rings (SSSR count). The SMILES string of the molecule is CC(C)(Sc1ccc(Br)cc1)C(=O)N1CC[C@H](O)C1. The Bertz CT molecular complexity index is 461. The molecule has 1 fully saturated rings. The van der Waals surface area contributed by atoms with E-state index in [1.54, 1.807) is 16.7 Å². The number of aliphatic hydroxyl groups is 1. The molecule has 104 valence electrons. The molecule has 1 aliphatic rings. The highest BCUT2D eigenvalue weighted by molar-refractivity contribution is 9.10. The van der Waals surface area contributed by atoms with Gasteiger partial charge in [0, 0.05) is 22.5 Å². The number of carbonyl (C=O) groups is 1. The van der Waals surface area contributed by atoms with E-state index in [1.165, 1.54) is 0 Å². The number of halogens is 1. The summed E-state index contributed by atoms with van der Waals surface area (Å²) in [6, 6.07) is 7.95. The molecule has 1 aromatic carbocycles. The van der Waals surface area contributed by atoms with Gasteiger partial charge >= 0.3 is 0 Å². The Morgan fingerprint density at radius 1 is 1.42 bits per heavy atom. The molecule has 1 saturated heterocycles. The Hall–Kier alpha value is -0.520. The van der Waals surface area contributed by atoms with Gasteiger partial charge in [-0.25, -0.2) is 0 Å². The number of carbonyl (C=O) groups excluding carboxylic acids is 1. The molecule has 1 atom stereocenters. The van der Waals surface area contributed by atoms with Gasteiger partial charge in [0.15, 0.2) is 0 Å². The minimum Gasteiger partial charge on any atom is -0.391 e. The normalized spacial score (nSPS) is 19.8. The zero-order chi connectivity index (χ0) is 14.0. The third kappa shape index (κ3) is 3.74. The summed E-state index contributed by atoms with van der Waals surface area (Å²) in [5, 5.41) is 9.53. The lowest BCUT2D eigenvalue weighted by Gasteiger charge is -2.28. The monoisotopic (exact) mass is 343 g/mol. The van der Waals surface area contributed by atoms with Crippen LogP contribution in [0.4, 0.5) is 0 Å². The van der Waals surface area contributed by atoms with Gasteiger partial charge in [-0.15, -0.1) is 11.8 Å². The summed E-state index contributed by atoms with van der Waals surface area (Å²) in [5.41, 5.74) is 0. The molecule has 0 radical (unpaired) electrons. The first kappa shape index (κ1) is 14.9. The molecule has 0 aliphatic carbocycles. The minimum atomic E-state index is -0.516. The Morgan fingerprint density at radius 2 is 2.05 bits per heavy atom. The van der Waals surface area contributed by atoms with Gasteiger partial charge in [-0.3, -0.25) is 4.79 Å². The predicted molar refractivity (Wildman–Crippen MR) is 81.3 cm³/mol. The maximum absolute atomic E-state index is 12.5. The summed E-state index contributed by atoms with van der Waals surface area (Å²) in [7, 11) is 0.